The fourth-order valence-corrected chi connectivity index (χ4v) is 5.24. The van der Waals surface area contributed by atoms with Crippen molar-refractivity contribution >= 4 is 58.2 Å². The average Bonchev–Trinajstić information content (AvgIpc) is 3.18. The normalized spacial score (nSPS) is 10.9. The van der Waals surface area contributed by atoms with Gasteiger partial charge in [0.15, 0.2) is 14.4 Å². The number of thioether (sulfide) groups is 2. The summed E-state index contributed by atoms with van der Waals surface area (Å²) in [6, 6.07) is 0. The van der Waals surface area contributed by atoms with Crippen molar-refractivity contribution < 1.29 is 9.59 Å². The summed E-state index contributed by atoms with van der Waals surface area (Å²) in [6.07, 6.45) is 2.11. The third kappa shape index (κ3) is 6.83. The van der Waals surface area contributed by atoms with Crippen molar-refractivity contribution in [2.24, 2.45) is 5.73 Å². The number of carbonyl (C=O) groups excluding carboxylic acids is 2. The van der Waals surface area contributed by atoms with Crippen LogP contribution in [0.25, 0.3) is 0 Å². The number of nitrogens with zero attached hydrogens (tertiary/aromatic N) is 4. The topological polar surface area (TPSA) is 170 Å². The smallest absolute Gasteiger partial charge is 0.330 e. The van der Waals surface area contributed by atoms with E-state index in [1.807, 2.05) is 13.8 Å². The molecule has 0 saturated heterocycles. The Bertz CT molecular complexity index is 1030. The predicted molar refractivity (Wildman–Crippen MR) is 124 cm³/mol. The molecule has 5 N–H and O–H groups in total. The van der Waals surface area contributed by atoms with Crippen LogP contribution >= 0.6 is 34.9 Å². The maximum Gasteiger partial charge on any atom is 0.330 e. The van der Waals surface area contributed by atoms with Gasteiger partial charge in [0.2, 0.25) is 11.8 Å². The minimum absolute atomic E-state index is 0.00458. The highest BCUT2D eigenvalue weighted by Gasteiger charge is 2.24. The summed E-state index contributed by atoms with van der Waals surface area (Å²) in [4.78, 5) is 52.1. The molecule has 2 amide bonds. The number of aromatic amines is 1. The summed E-state index contributed by atoms with van der Waals surface area (Å²) in [5.41, 5.74) is 9.95. The Hall–Kier alpha value is -2.32. The maximum atomic E-state index is 13.0. The van der Waals surface area contributed by atoms with Crippen LogP contribution in [0.15, 0.2) is 18.3 Å². The number of amides is 2. The van der Waals surface area contributed by atoms with Crippen molar-refractivity contribution in [2.75, 3.05) is 28.7 Å². The number of aromatic nitrogens is 4. The molecule has 0 atom stereocenters. The Morgan fingerprint density at radius 2 is 1.77 bits per heavy atom. The minimum Gasteiger partial charge on any atom is -0.383 e. The van der Waals surface area contributed by atoms with E-state index in [2.05, 4.69) is 15.2 Å². The van der Waals surface area contributed by atoms with Crippen LogP contribution in [0.2, 0.25) is 0 Å². The largest absolute Gasteiger partial charge is 0.383 e. The van der Waals surface area contributed by atoms with Crippen LogP contribution < -0.4 is 27.6 Å². The molecule has 14 heteroatoms. The summed E-state index contributed by atoms with van der Waals surface area (Å²) in [7, 11) is 0. The quantitative estimate of drug-likeness (QED) is 0.368. The number of hydrogen-bond acceptors (Lipinski definition) is 10. The summed E-state index contributed by atoms with van der Waals surface area (Å²) in [5.74, 6) is -0.711. The van der Waals surface area contributed by atoms with Crippen molar-refractivity contribution in [3.63, 3.8) is 0 Å². The molecule has 0 aliphatic carbocycles. The lowest BCUT2D eigenvalue weighted by Gasteiger charge is -2.24. The molecule has 0 spiro atoms. The van der Waals surface area contributed by atoms with E-state index in [9.17, 15) is 19.2 Å². The number of H-pyrrole nitrogens is 1. The van der Waals surface area contributed by atoms with E-state index in [1.165, 1.54) is 44.3 Å². The molecule has 31 heavy (non-hydrogen) atoms. The molecule has 0 fully saturated rings. The first-order chi connectivity index (χ1) is 14.8. The van der Waals surface area contributed by atoms with E-state index in [1.54, 1.807) is 0 Å². The first-order valence-corrected chi connectivity index (χ1v) is 12.4. The van der Waals surface area contributed by atoms with Gasteiger partial charge in [0, 0.05) is 13.1 Å². The van der Waals surface area contributed by atoms with Crippen LogP contribution in [-0.4, -0.2) is 49.6 Å². The molecule has 0 unspecified atom stereocenters. The van der Waals surface area contributed by atoms with E-state index in [-0.39, 0.29) is 28.9 Å². The summed E-state index contributed by atoms with van der Waals surface area (Å²) in [5, 5.41) is 7.95. The van der Waals surface area contributed by atoms with Crippen molar-refractivity contribution in [1.29, 1.82) is 0 Å². The lowest BCUT2D eigenvalue weighted by molar-refractivity contribution is -0.116. The molecule has 0 radical (unpaired) electrons. The lowest BCUT2D eigenvalue weighted by atomic mass is 10.2. The zero-order valence-corrected chi connectivity index (χ0v) is 19.7. The van der Waals surface area contributed by atoms with Crippen molar-refractivity contribution in [2.45, 2.75) is 48.3 Å². The highest BCUT2D eigenvalue weighted by Crippen LogP contribution is 2.29. The van der Waals surface area contributed by atoms with Gasteiger partial charge >= 0.3 is 5.69 Å². The Labute approximate surface area is 191 Å². The second-order valence-corrected chi connectivity index (χ2v) is 9.84. The first-order valence-electron chi connectivity index (χ1n) is 9.58. The molecule has 0 aliphatic rings. The third-order valence-electron chi connectivity index (χ3n) is 4.01. The lowest BCUT2D eigenvalue weighted by Crippen LogP contribution is -2.42. The van der Waals surface area contributed by atoms with Gasteiger partial charge in [-0.1, -0.05) is 55.1 Å². The Morgan fingerprint density at radius 3 is 2.35 bits per heavy atom. The molecule has 0 aromatic carbocycles. The first kappa shape index (κ1) is 24.9. The van der Waals surface area contributed by atoms with Gasteiger partial charge in [0.05, 0.1) is 11.5 Å². The van der Waals surface area contributed by atoms with Crippen molar-refractivity contribution in [3.05, 3.63) is 20.8 Å². The number of nitrogens with one attached hydrogen (secondary N) is 1. The maximum absolute atomic E-state index is 13.0. The van der Waals surface area contributed by atoms with E-state index < -0.39 is 17.2 Å². The molecule has 11 nitrogen and oxygen atoms in total. The Kier molecular flexibility index (Phi) is 9.58. The number of nitrogen functional groups attached to an aromatic ring is 1. The van der Waals surface area contributed by atoms with Gasteiger partial charge in [-0.3, -0.25) is 23.9 Å². The van der Waals surface area contributed by atoms with Gasteiger partial charge in [0.25, 0.3) is 5.56 Å². The van der Waals surface area contributed by atoms with E-state index >= 15 is 0 Å². The minimum atomic E-state index is -0.689. The summed E-state index contributed by atoms with van der Waals surface area (Å²) < 4.78 is 2.39. The Balaban J connectivity index is 2.22. The molecule has 0 aliphatic heterocycles. The molecule has 2 rings (SSSR count). The van der Waals surface area contributed by atoms with E-state index in [0.717, 1.165) is 6.42 Å². The third-order valence-corrected chi connectivity index (χ3v) is 7.21. The molecule has 2 aromatic rings. The van der Waals surface area contributed by atoms with Crippen LogP contribution in [0.3, 0.4) is 0 Å². The van der Waals surface area contributed by atoms with Gasteiger partial charge in [-0.25, -0.2) is 4.79 Å². The number of nitrogens with two attached hydrogens (primary N) is 2. The predicted octanol–water partition coefficient (Wildman–Crippen LogP) is 0.883. The summed E-state index contributed by atoms with van der Waals surface area (Å²) in [6.45, 7) is 4.47. The van der Waals surface area contributed by atoms with Crippen molar-refractivity contribution in [1.82, 2.24) is 19.7 Å². The molecular formula is C17H25N7O4S3. The molecule has 0 saturated carbocycles. The monoisotopic (exact) mass is 487 g/mol. The van der Waals surface area contributed by atoms with Crippen molar-refractivity contribution in [3.8, 4) is 0 Å². The molecule has 170 valence electrons. The van der Waals surface area contributed by atoms with Crippen LogP contribution in [0.5, 0.6) is 0 Å². The number of rotatable bonds is 12. The highest BCUT2D eigenvalue weighted by atomic mass is 32.2. The number of hydrogen-bond donors (Lipinski definition) is 3. The van der Waals surface area contributed by atoms with E-state index in [4.69, 9.17) is 11.5 Å². The SMILES string of the molecule is CCCCN(C(=O)CSc1nnc(SCC(N)=O)s1)c1c(N)n(CCC)c(=O)[nH]c1=O. The van der Waals surface area contributed by atoms with Crippen LogP contribution in [0.4, 0.5) is 11.5 Å². The fraction of sp³-hybridized carbons (Fsp3) is 0.529. The molecule has 0 bridgehead atoms. The van der Waals surface area contributed by atoms with Crippen LogP contribution in [-0.2, 0) is 16.1 Å². The van der Waals surface area contributed by atoms with Gasteiger partial charge in [-0.15, -0.1) is 10.2 Å². The second kappa shape index (κ2) is 11.9. The highest BCUT2D eigenvalue weighted by molar-refractivity contribution is 8.03. The zero-order chi connectivity index (χ0) is 23.0. The average molecular weight is 488 g/mol. The fourth-order valence-electron chi connectivity index (χ4n) is 2.61. The Morgan fingerprint density at radius 1 is 1.13 bits per heavy atom. The van der Waals surface area contributed by atoms with E-state index in [0.29, 0.717) is 34.6 Å². The van der Waals surface area contributed by atoms with Gasteiger partial charge in [-0.05, 0) is 12.8 Å². The van der Waals surface area contributed by atoms with Crippen LogP contribution in [0, 0.1) is 0 Å². The number of carbonyl (C=O) groups is 2. The number of primary amides is 1. The van der Waals surface area contributed by atoms with Gasteiger partial charge in [0.1, 0.15) is 5.82 Å². The molecule has 2 heterocycles. The molecular weight excluding hydrogens is 462 g/mol. The summed E-state index contributed by atoms with van der Waals surface area (Å²) >= 11 is 3.60. The number of anilines is 2. The van der Waals surface area contributed by atoms with Crippen LogP contribution in [0.1, 0.15) is 33.1 Å². The van der Waals surface area contributed by atoms with Gasteiger partial charge < -0.3 is 16.4 Å². The zero-order valence-electron chi connectivity index (χ0n) is 17.3. The van der Waals surface area contributed by atoms with Gasteiger partial charge in [-0.2, -0.15) is 0 Å². The number of unbranched alkanes of at least 4 members (excludes halogenated alkanes) is 1. The second-order valence-electron chi connectivity index (χ2n) is 6.42. The standard InChI is InChI=1S/C17H25N7O4S3/c1-3-5-7-23(12-13(19)24(6-4-2)15(28)20-14(12)27)11(26)9-30-17-22-21-16(31-17)29-8-10(18)25/h3-9,19H2,1-2H3,(H2,18,25)(H,20,27,28). The molecule has 2 aromatic heterocycles.